The highest BCUT2D eigenvalue weighted by Gasteiger charge is 2.28. The first-order chi connectivity index (χ1) is 10.2. The van der Waals surface area contributed by atoms with E-state index in [-0.39, 0.29) is 11.9 Å². The summed E-state index contributed by atoms with van der Waals surface area (Å²) in [7, 11) is 0. The van der Waals surface area contributed by atoms with E-state index in [1.807, 2.05) is 29.2 Å². The van der Waals surface area contributed by atoms with Crippen LogP contribution in [0.3, 0.4) is 0 Å². The number of amides is 1. The molecule has 1 N–H and O–H groups in total. The number of benzene rings is 1. The highest BCUT2D eigenvalue weighted by molar-refractivity contribution is 6.30. The second-order valence-electron chi connectivity index (χ2n) is 5.79. The molecule has 0 bridgehead atoms. The summed E-state index contributed by atoms with van der Waals surface area (Å²) in [5.41, 5.74) is 1.18. The van der Waals surface area contributed by atoms with Crippen LogP contribution in [0.2, 0.25) is 5.02 Å². The maximum Gasteiger partial charge on any atom is 0.239 e. The summed E-state index contributed by atoms with van der Waals surface area (Å²) in [5.74, 6) is 0.283. The molecule has 0 unspecified atom stereocenters. The fourth-order valence-corrected chi connectivity index (χ4v) is 3.25. The molecule has 3 rings (SSSR count). The first-order valence-corrected chi connectivity index (χ1v) is 8.14. The molecule has 5 heteroatoms. The highest BCUT2D eigenvalue weighted by atomic mass is 35.5. The third kappa shape index (κ3) is 3.50. The third-order valence-corrected chi connectivity index (χ3v) is 4.64. The molecule has 2 aliphatic heterocycles. The minimum Gasteiger partial charge on any atom is -0.368 e. The largest absolute Gasteiger partial charge is 0.368 e. The molecule has 4 nitrogen and oxygen atoms in total. The lowest BCUT2D eigenvalue weighted by molar-refractivity contribution is -0.134. The molecule has 0 spiro atoms. The summed E-state index contributed by atoms with van der Waals surface area (Å²) >= 11 is 5.92. The fourth-order valence-electron chi connectivity index (χ4n) is 3.12. The molecule has 0 aromatic heterocycles. The Kier molecular flexibility index (Phi) is 4.66. The number of nitrogens with one attached hydrogen (secondary N) is 1. The summed E-state index contributed by atoms with van der Waals surface area (Å²) in [6.45, 7) is 4.36. The van der Waals surface area contributed by atoms with Crippen LogP contribution in [0.1, 0.15) is 19.3 Å². The standard InChI is InChI=1S/C16H22ClN3O/c17-13-4-6-14(7-5-13)19-9-11-20(12-10-19)16(21)15-3-1-2-8-18-15/h4-7,15,18H,1-3,8-12H2/t15-/m0/s1. The lowest BCUT2D eigenvalue weighted by atomic mass is 10.0. The van der Waals surface area contributed by atoms with Crippen molar-refractivity contribution in [2.75, 3.05) is 37.6 Å². The van der Waals surface area contributed by atoms with E-state index >= 15 is 0 Å². The van der Waals surface area contributed by atoms with Gasteiger partial charge >= 0.3 is 0 Å². The van der Waals surface area contributed by atoms with Gasteiger partial charge in [0.05, 0.1) is 6.04 Å². The number of hydrogen-bond acceptors (Lipinski definition) is 3. The molecule has 1 aromatic rings. The zero-order chi connectivity index (χ0) is 14.7. The normalized spacial score (nSPS) is 23.2. The van der Waals surface area contributed by atoms with Gasteiger partial charge in [-0.15, -0.1) is 0 Å². The lowest BCUT2D eigenvalue weighted by Crippen LogP contribution is -2.55. The molecule has 0 radical (unpaired) electrons. The number of carbonyl (C=O) groups is 1. The Morgan fingerprint density at radius 2 is 1.81 bits per heavy atom. The maximum absolute atomic E-state index is 12.5. The van der Waals surface area contributed by atoms with Gasteiger partial charge in [0, 0.05) is 36.9 Å². The molecule has 2 aliphatic rings. The number of anilines is 1. The molecular formula is C16H22ClN3O. The molecular weight excluding hydrogens is 286 g/mol. The first kappa shape index (κ1) is 14.7. The molecule has 1 amide bonds. The highest BCUT2D eigenvalue weighted by Crippen LogP contribution is 2.20. The Bertz CT molecular complexity index is 477. The van der Waals surface area contributed by atoms with E-state index in [0.717, 1.165) is 50.6 Å². The van der Waals surface area contributed by atoms with Gasteiger partial charge in [-0.3, -0.25) is 4.79 Å². The van der Waals surface area contributed by atoms with Crippen LogP contribution < -0.4 is 10.2 Å². The molecule has 1 aromatic carbocycles. The number of nitrogens with zero attached hydrogens (tertiary/aromatic N) is 2. The molecule has 0 aliphatic carbocycles. The van der Waals surface area contributed by atoms with Crippen molar-refractivity contribution < 1.29 is 4.79 Å². The van der Waals surface area contributed by atoms with Gasteiger partial charge < -0.3 is 15.1 Å². The van der Waals surface area contributed by atoms with Crippen LogP contribution >= 0.6 is 11.6 Å². The Hall–Kier alpha value is -1.26. The van der Waals surface area contributed by atoms with E-state index < -0.39 is 0 Å². The molecule has 0 saturated carbocycles. The third-order valence-electron chi connectivity index (χ3n) is 4.39. The minimum absolute atomic E-state index is 0.0424. The van der Waals surface area contributed by atoms with Crippen LogP contribution in [0, 0.1) is 0 Å². The van der Waals surface area contributed by atoms with Crippen LogP contribution in [0.5, 0.6) is 0 Å². The van der Waals surface area contributed by atoms with Crippen LogP contribution in [0.15, 0.2) is 24.3 Å². The topological polar surface area (TPSA) is 35.6 Å². The van der Waals surface area contributed by atoms with Crippen LogP contribution in [-0.2, 0) is 4.79 Å². The zero-order valence-electron chi connectivity index (χ0n) is 12.2. The fraction of sp³-hybridized carbons (Fsp3) is 0.562. The Labute approximate surface area is 131 Å². The van der Waals surface area contributed by atoms with Crippen LogP contribution in [-0.4, -0.2) is 49.6 Å². The quantitative estimate of drug-likeness (QED) is 0.909. The molecule has 2 saturated heterocycles. The van der Waals surface area contributed by atoms with Gasteiger partial charge in [0.15, 0.2) is 0 Å². The molecule has 114 valence electrons. The average molecular weight is 308 g/mol. The van der Waals surface area contributed by atoms with E-state index in [4.69, 9.17) is 11.6 Å². The Morgan fingerprint density at radius 3 is 2.43 bits per heavy atom. The molecule has 1 atom stereocenters. The van der Waals surface area contributed by atoms with Gasteiger partial charge in [-0.2, -0.15) is 0 Å². The lowest BCUT2D eigenvalue weighted by Gasteiger charge is -2.38. The van der Waals surface area contributed by atoms with Gasteiger partial charge in [0.2, 0.25) is 5.91 Å². The van der Waals surface area contributed by atoms with Gasteiger partial charge in [-0.25, -0.2) is 0 Å². The number of carbonyl (C=O) groups excluding carboxylic acids is 1. The maximum atomic E-state index is 12.5. The summed E-state index contributed by atoms with van der Waals surface area (Å²) in [5, 5.41) is 4.11. The van der Waals surface area contributed by atoms with Crippen molar-refractivity contribution >= 4 is 23.2 Å². The second-order valence-corrected chi connectivity index (χ2v) is 6.23. The van der Waals surface area contributed by atoms with Crippen molar-refractivity contribution in [2.24, 2.45) is 0 Å². The van der Waals surface area contributed by atoms with E-state index in [0.29, 0.717) is 0 Å². The number of piperazine rings is 1. The second kappa shape index (κ2) is 6.67. The monoisotopic (exact) mass is 307 g/mol. The van der Waals surface area contributed by atoms with Crippen molar-refractivity contribution in [3.05, 3.63) is 29.3 Å². The summed E-state index contributed by atoms with van der Waals surface area (Å²) in [4.78, 5) is 16.8. The Balaban J connectivity index is 1.54. The van der Waals surface area contributed by atoms with Gasteiger partial charge in [-0.05, 0) is 43.7 Å². The van der Waals surface area contributed by atoms with Crippen molar-refractivity contribution in [3.63, 3.8) is 0 Å². The predicted octanol–water partition coefficient (Wildman–Crippen LogP) is 2.13. The van der Waals surface area contributed by atoms with Crippen molar-refractivity contribution in [1.82, 2.24) is 10.2 Å². The van der Waals surface area contributed by atoms with E-state index in [9.17, 15) is 4.79 Å². The van der Waals surface area contributed by atoms with Crippen LogP contribution in [0.4, 0.5) is 5.69 Å². The predicted molar refractivity (Wildman–Crippen MR) is 85.9 cm³/mol. The smallest absolute Gasteiger partial charge is 0.239 e. The van der Waals surface area contributed by atoms with Gasteiger partial charge in [-0.1, -0.05) is 18.0 Å². The summed E-state index contributed by atoms with van der Waals surface area (Å²) in [6, 6.07) is 7.96. The molecule has 21 heavy (non-hydrogen) atoms. The van der Waals surface area contributed by atoms with Crippen molar-refractivity contribution in [3.8, 4) is 0 Å². The van der Waals surface area contributed by atoms with Crippen LogP contribution in [0.25, 0.3) is 0 Å². The van der Waals surface area contributed by atoms with Gasteiger partial charge in [0.1, 0.15) is 0 Å². The first-order valence-electron chi connectivity index (χ1n) is 7.77. The van der Waals surface area contributed by atoms with E-state index in [2.05, 4.69) is 10.2 Å². The average Bonchev–Trinajstić information content (AvgIpc) is 2.56. The molecule has 2 fully saturated rings. The van der Waals surface area contributed by atoms with Crippen molar-refractivity contribution in [1.29, 1.82) is 0 Å². The SMILES string of the molecule is O=C([C@@H]1CCCCN1)N1CCN(c2ccc(Cl)cc2)CC1. The van der Waals surface area contributed by atoms with Crippen molar-refractivity contribution in [2.45, 2.75) is 25.3 Å². The van der Waals surface area contributed by atoms with Gasteiger partial charge in [0.25, 0.3) is 0 Å². The summed E-state index contributed by atoms with van der Waals surface area (Å²) in [6.07, 6.45) is 3.33. The minimum atomic E-state index is 0.0424. The summed E-state index contributed by atoms with van der Waals surface area (Å²) < 4.78 is 0. The zero-order valence-corrected chi connectivity index (χ0v) is 13.0. The number of rotatable bonds is 2. The van der Waals surface area contributed by atoms with E-state index in [1.165, 1.54) is 12.1 Å². The number of halogens is 1. The number of hydrogen-bond donors (Lipinski definition) is 1. The Morgan fingerprint density at radius 1 is 1.10 bits per heavy atom. The molecule has 2 heterocycles. The number of piperidine rings is 1. The van der Waals surface area contributed by atoms with E-state index in [1.54, 1.807) is 0 Å².